The third kappa shape index (κ3) is 1.33. The zero-order chi connectivity index (χ0) is 7.68. The van der Waals surface area contributed by atoms with Gasteiger partial charge in [-0.2, -0.15) is 0 Å². The van der Waals surface area contributed by atoms with Gasteiger partial charge in [-0.15, -0.1) is 0 Å². The predicted molar refractivity (Wildman–Crippen MR) is 50.0 cm³/mol. The molecule has 1 N–H and O–H groups in total. The molecule has 1 nitrogen and oxygen atoms in total. The van der Waals surface area contributed by atoms with E-state index in [4.69, 9.17) is 0 Å². The van der Waals surface area contributed by atoms with Gasteiger partial charge in [-0.3, -0.25) is 0 Å². The molecular formula is C9H18BN. The standard InChI is InChI=1S/C9H18BN/c1-11-10-8-4-2-5-9(10)7-3-6-8/h8-9,11H,2-7H2,1H3. The van der Waals surface area contributed by atoms with Gasteiger partial charge in [0.2, 0.25) is 6.85 Å². The molecule has 0 aromatic carbocycles. The first-order chi connectivity index (χ1) is 5.42. The molecule has 2 saturated heterocycles. The van der Waals surface area contributed by atoms with Crippen LogP contribution < -0.4 is 5.23 Å². The summed E-state index contributed by atoms with van der Waals surface area (Å²) >= 11 is 0. The molecule has 0 atom stereocenters. The van der Waals surface area contributed by atoms with Crippen molar-refractivity contribution in [1.29, 1.82) is 0 Å². The van der Waals surface area contributed by atoms with Gasteiger partial charge in [0.15, 0.2) is 0 Å². The van der Waals surface area contributed by atoms with E-state index < -0.39 is 0 Å². The predicted octanol–water partition coefficient (Wildman–Crippen LogP) is 2.31. The van der Waals surface area contributed by atoms with Crippen LogP contribution in [0.25, 0.3) is 0 Å². The van der Waals surface area contributed by atoms with Crippen molar-refractivity contribution in [2.75, 3.05) is 7.05 Å². The maximum absolute atomic E-state index is 3.51. The molecule has 2 rings (SSSR count). The van der Waals surface area contributed by atoms with E-state index in [9.17, 15) is 0 Å². The molecule has 0 aromatic rings. The normalized spacial score (nSPS) is 37.4. The minimum absolute atomic E-state index is 0.873. The maximum atomic E-state index is 3.51. The highest BCUT2D eigenvalue weighted by Crippen LogP contribution is 2.44. The summed E-state index contributed by atoms with van der Waals surface area (Å²) in [6.45, 7) is 0.873. The van der Waals surface area contributed by atoms with E-state index in [0.717, 1.165) is 18.5 Å². The summed E-state index contributed by atoms with van der Waals surface area (Å²) in [6, 6.07) is 0. The first-order valence-electron chi connectivity index (χ1n) is 5.09. The van der Waals surface area contributed by atoms with E-state index in [1.165, 1.54) is 38.5 Å². The highest BCUT2D eigenvalue weighted by atomic mass is 14.7. The van der Waals surface area contributed by atoms with Crippen molar-refractivity contribution in [3.05, 3.63) is 0 Å². The van der Waals surface area contributed by atoms with Gasteiger partial charge >= 0.3 is 0 Å². The van der Waals surface area contributed by atoms with Gasteiger partial charge in [0.05, 0.1) is 0 Å². The third-order valence-corrected chi connectivity index (χ3v) is 3.65. The zero-order valence-corrected chi connectivity index (χ0v) is 7.47. The van der Waals surface area contributed by atoms with Gasteiger partial charge in [0.1, 0.15) is 0 Å². The van der Waals surface area contributed by atoms with Crippen molar-refractivity contribution in [1.82, 2.24) is 5.23 Å². The summed E-state index contributed by atoms with van der Waals surface area (Å²) < 4.78 is 0. The van der Waals surface area contributed by atoms with Crippen molar-refractivity contribution >= 4 is 6.85 Å². The average molecular weight is 151 g/mol. The molecule has 11 heavy (non-hydrogen) atoms. The van der Waals surface area contributed by atoms with Crippen molar-refractivity contribution in [2.24, 2.45) is 0 Å². The fourth-order valence-corrected chi connectivity index (χ4v) is 3.15. The lowest BCUT2D eigenvalue weighted by atomic mass is 9.35. The van der Waals surface area contributed by atoms with Crippen LogP contribution in [0.4, 0.5) is 0 Å². The monoisotopic (exact) mass is 151 g/mol. The molecule has 0 amide bonds. The van der Waals surface area contributed by atoms with E-state index in [-0.39, 0.29) is 0 Å². The molecule has 2 fully saturated rings. The molecule has 0 spiro atoms. The first-order valence-corrected chi connectivity index (χ1v) is 5.09. The second kappa shape index (κ2) is 3.18. The SMILES string of the molecule is CNB1C2CCCC1CCC2. The molecule has 0 unspecified atom stereocenters. The third-order valence-electron chi connectivity index (χ3n) is 3.65. The van der Waals surface area contributed by atoms with Crippen LogP contribution in [0.3, 0.4) is 0 Å². The second-order valence-electron chi connectivity index (χ2n) is 4.20. The lowest BCUT2D eigenvalue weighted by Gasteiger charge is -2.39. The first kappa shape index (κ1) is 7.66. The Bertz CT molecular complexity index is 116. The van der Waals surface area contributed by atoms with Gasteiger partial charge in [-0.05, 0) is 18.7 Å². The molecule has 2 heterocycles. The van der Waals surface area contributed by atoms with E-state index in [1.54, 1.807) is 0 Å². The highest BCUT2D eigenvalue weighted by molar-refractivity contribution is 6.59. The molecule has 2 heteroatoms. The van der Waals surface area contributed by atoms with Gasteiger partial charge < -0.3 is 5.23 Å². The van der Waals surface area contributed by atoms with Crippen LogP contribution in [0.1, 0.15) is 38.5 Å². The summed E-state index contributed by atoms with van der Waals surface area (Å²) in [4.78, 5) is 0. The quantitative estimate of drug-likeness (QED) is 0.567. The minimum Gasteiger partial charge on any atom is -0.358 e. The number of rotatable bonds is 1. The number of nitrogens with one attached hydrogen (secondary N) is 1. The Morgan fingerprint density at radius 2 is 1.45 bits per heavy atom. The van der Waals surface area contributed by atoms with E-state index in [1.807, 2.05) is 0 Å². The Hall–Kier alpha value is 0.0249. The summed E-state index contributed by atoms with van der Waals surface area (Å²) in [6.07, 6.45) is 8.94. The maximum Gasteiger partial charge on any atom is 0.226 e. The molecular weight excluding hydrogens is 133 g/mol. The topological polar surface area (TPSA) is 12.0 Å². The molecule has 0 aromatic heterocycles. The van der Waals surface area contributed by atoms with Crippen LogP contribution in [0, 0.1) is 0 Å². The zero-order valence-electron chi connectivity index (χ0n) is 7.47. The summed E-state index contributed by atoms with van der Waals surface area (Å²) in [5.74, 6) is 2.04. The summed E-state index contributed by atoms with van der Waals surface area (Å²) in [7, 11) is 2.14. The number of hydrogen-bond donors (Lipinski definition) is 1. The fraction of sp³-hybridized carbons (Fsp3) is 1.00. The van der Waals surface area contributed by atoms with E-state index in [0.29, 0.717) is 0 Å². The molecule has 0 saturated carbocycles. The lowest BCUT2D eigenvalue weighted by molar-refractivity contribution is 0.437. The Morgan fingerprint density at radius 3 is 1.73 bits per heavy atom. The van der Waals surface area contributed by atoms with Crippen LogP contribution in [0.5, 0.6) is 0 Å². The summed E-state index contributed by atoms with van der Waals surface area (Å²) in [5, 5.41) is 3.51. The van der Waals surface area contributed by atoms with Crippen molar-refractivity contribution in [3.8, 4) is 0 Å². The number of hydrogen-bond acceptors (Lipinski definition) is 1. The average Bonchev–Trinajstić information content (AvgIpc) is 2.03. The Kier molecular flexibility index (Phi) is 2.21. The lowest BCUT2D eigenvalue weighted by Crippen LogP contribution is -2.44. The van der Waals surface area contributed by atoms with Crippen LogP contribution in [0.15, 0.2) is 0 Å². The van der Waals surface area contributed by atoms with E-state index in [2.05, 4.69) is 12.3 Å². The largest absolute Gasteiger partial charge is 0.358 e. The van der Waals surface area contributed by atoms with Crippen molar-refractivity contribution < 1.29 is 0 Å². The molecule has 62 valence electrons. The minimum atomic E-state index is 0.873. The van der Waals surface area contributed by atoms with Gasteiger partial charge in [-0.1, -0.05) is 38.5 Å². The number of fused-ring (bicyclic) bond motifs is 2. The van der Waals surface area contributed by atoms with Crippen LogP contribution in [-0.2, 0) is 0 Å². The molecule has 0 radical (unpaired) electrons. The van der Waals surface area contributed by atoms with Gasteiger partial charge in [0.25, 0.3) is 0 Å². The Morgan fingerprint density at radius 1 is 1.00 bits per heavy atom. The van der Waals surface area contributed by atoms with Crippen molar-refractivity contribution in [3.63, 3.8) is 0 Å². The van der Waals surface area contributed by atoms with Gasteiger partial charge in [0, 0.05) is 0 Å². The molecule has 2 aliphatic rings. The van der Waals surface area contributed by atoms with Gasteiger partial charge in [-0.25, -0.2) is 0 Å². The fourth-order valence-electron chi connectivity index (χ4n) is 3.15. The highest BCUT2D eigenvalue weighted by Gasteiger charge is 2.38. The summed E-state index contributed by atoms with van der Waals surface area (Å²) in [5.41, 5.74) is 0. The van der Waals surface area contributed by atoms with Crippen LogP contribution in [-0.4, -0.2) is 13.9 Å². The van der Waals surface area contributed by atoms with Crippen LogP contribution >= 0.6 is 0 Å². The molecule has 2 aliphatic heterocycles. The Balaban J connectivity index is 2.04. The van der Waals surface area contributed by atoms with E-state index >= 15 is 0 Å². The Labute approximate surface area is 70.0 Å². The smallest absolute Gasteiger partial charge is 0.226 e. The molecule has 0 aliphatic carbocycles. The molecule has 2 bridgehead atoms. The van der Waals surface area contributed by atoms with Crippen molar-refractivity contribution in [2.45, 2.75) is 50.2 Å². The van der Waals surface area contributed by atoms with Crippen LogP contribution in [0.2, 0.25) is 11.6 Å². The second-order valence-corrected chi connectivity index (χ2v) is 4.20.